The van der Waals surface area contributed by atoms with Gasteiger partial charge in [0.25, 0.3) is 0 Å². The molecule has 59 heavy (non-hydrogen) atoms. The number of aliphatic hydroxyl groups excluding tert-OH is 2. The quantitative estimate of drug-likeness (QED) is 0.108. The molecule has 4 aromatic rings. The second kappa shape index (κ2) is 15.4. The predicted octanol–water partition coefficient (Wildman–Crippen LogP) is 4.50. The lowest BCUT2D eigenvalue weighted by molar-refractivity contribution is -0.165. The van der Waals surface area contributed by atoms with E-state index in [9.17, 15) is 14.4 Å². The number of nitrogens with zero attached hydrogens (tertiary/aromatic N) is 2. The van der Waals surface area contributed by atoms with Gasteiger partial charge in [0, 0.05) is 58.4 Å². The smallest absolute Gasteiger partial charge is 0.335 e. The Hall–Kier alpha value is -5.28. The number of rotatable bonds is 8. The fourth-order valence-corrected chi connectivity index (χ4v) is 11.2. The average Bonchev–Trinajstić information content (AvgIpc) is 3.78. The molecule has 14 nitrogen and oxygen atoms in total. The van der Waals surface area contributed by atoms with E-state index in [0.717, 1.165) is 78.6 Å². The van der Waals surface area contributed by atoms with Crippen LogP contribution in [0.2, 0.25) is 0 Å². The number of aliphatic carboxylic acids is 2. The van der Waals surface area contributed by atoms with Crippen LogP contribution in [0.5, 0.6) is 0 Å². The number of hydrogen-bond donors (Lipinski definition) is 6. The zero-order chi connectivity index (χ0) is 42.0. The Kier molecular flexibility index (Phi) is 10.6. The molecule has 6 aliphatic rings. The fraction of sp³-hybridized carbons (Fsp3) is 0.467. The molecule has 2 aromatic heterocycles. The lowest BCUT2D eigenvalue weighted by atomic mass is 9.60. The predicted molar refractivity (Wildman–Crippen MR) is 218 cm³/mol. The fourth-order valence-electron chi connectivity index (χ4n) is 11.2. The first kappa shape index (κ1) is 40.5. The van der Waals surface area contributed by atoms with Gasteiger partial charge >= 0.3 is 23.9 Å². The molecule has 4 aliphatic heterocycles. The minimum Gasteiger partial charge on any atom is -0.479 e. The molecule has 0 amide bonds. The second-order valence-electron chi connectivity index (χ2n) is 16.6. The summed E-state index contributed by atoms with van der Waals surface area (Å²) in [7, 11) is 3.57. The summed E-state index contributed by atoms with van der Waals surface area (Å²) in [4.78, 5) is 61.7. The molecule has 6 unspecified atom stereocenters. The van der Waals surface area contributed by atoms with Crippen LogP contribution in [-0.2, 0) is 45.9 Å². The Morgan fingerprint density at radius 2 is 1.46 bits per heavy atom. The molecule has 1 saturated heterocycles. The summed E-state index contributed by atoms with van der Waals surface area (Å²) >= 11 is 0. The summed E-state index contributed by atoms with van der Waals surface area (Å²) in [5, 5.41) is 34.7. The van der Waals surface area contributed by atoms with Crippen molar-refractivity contribution in [1.29, 1.82) is 0 Å². The molecule has 9 atom stereocenters. The number of H-pyrrole nitrogens is 2. The molecule has 0 spiro atoms. The molecule has 0 saturated carbocycles. The monoisotopic (exact) mass is 808 g/mol. The Labute approximate surface area is 341 Å². The number of aromatic amines is 2. The van der Waals surface area contributed by atoms with Gasteiger partial charge in [-0.25, -0.2) is 9.59 Å². The number of carbonyl (C=O) groups excluding carboxylic acids is 2. The zero-order valence-electron chi connectivity index (χ0n) is 33.7. The number of benzene rings is 2. The van der Waals surface area contributed by atoms with Crippen LogP contribution in [0.25, 0.3) is 21.8 Å². The van der Waals surface area contributed by atoms with Crippen LogP contribution < -0.4 is 0 Å². The standard InChI is InChI=1S/C41H46N4O4.C4H6O6/c1-5-25-12-11-18-40(38(46)48-4)35-33(29-14-8-10-16-31(29)43-35)32(23-44(3)36(25)40)49-39(47)41-21-24-20-26(6-2)37(41)45(22-24)19-17-28-27-13-7-9-15-30(27)42-34(28)41;5-1(3(7)8)2(6)4(9)10/h7-10,12-16,20,24,32,36-37,42-43H,5-6,11,17-19,21-23H2,1-4H3;1-2,5-6H,(H,7,8)(H,9,10)/t24?,32?,36?,37?,40-,41?;1-,2-/m01/s1. The number of esters is 2. The third-order valence-electron chi connectivity index (χ3n) is 13.6. The Morgan fingerprint density at radius 1 is 0.831 bits per heavy atom. The van der Waals surface area contributed by atoms with Gasteiger partial charge in [0.1, 0.15) is 16.9 Å². The van der Waals surface area contributed by atoms with Gasteiger partial charge in [0.15, 0.2) is 12.2 Å². The van der Waals surface area contributed by atoms with E-state index in [1.54, 1.807) is 0 Å². The number of methoxy groups -OCH3 is 1. The van der Waals surface area contributed by atoms with Gasteiger partial charge in [0.2, 0.25) is 0 Å². The number of hydrogen-bond acceptors (Lipinski definition) is 10. The summed E-state index contributed by atoms with van der Waals surface area (Å²) < 4.78 is 12.8. The topological polar surface area (TPSA) is 206 Å². The van der Waals surface area contributed by atoms with Gasteiger partial charge in [-0.2, -0.15) is 0 Å². The first-order valence-corrected chi connectivity index (χ1v) is 20.5. The average molecular weight is 809 g/mol. The van der Waals surface area contributed by atoms with Crippen molar-refractivity contribution in [2.24, 2.45) is 5.92 Å². The van der Waals surface area contributed by atoms with Crippen LogP contribution in [0.3, 0.4) is 0 Å². The van der Waals surface area contributed by atoms with Crippen LogP contribution in [-0.4, -0.2) is 122 Å². The zero-order valence-corrected chi connectivity index (χ0v) is 33.7. The number of nitrogens with one attached hydrogen (secondary N) is 2. The van der Waals surface area contributed by atoms with E-state index >= 15 is 4.79 Å². The van der Waals surface area contributed by atoms with E-state index in [1.165, 1.54) is 29.2 Å². The first-order chi connectivity index (χ1) is 28.3. The highest BCUT2D eigenvalue weighted by Crippen LogP contribution is 2.55. The van der Waals surface area contributed by atoms with E-state index in [1.807, 2.05) is 12.1 Å². The highest BCUT2D eigenvalue weighted by molar-refractivity contribution is 5.95. The molecule has 4 bridgehead atoms. The molecular weight excluding hydrogens is 757 g/mol. The van der Waals surface area contributed by atoms with Crippen molar-refractivity contribution in [2.75, 3.05) is 33.8 Å². The summed E-state index contributed by atoms with van der Waals surface area (Å²) in [6, 6.07) is 16.4. The van der Waals surface area contributed by atoms with E-state index in [-0.39, 0.29) is 29.9 Å². The van der Waals surface area contributed by atoms with Gasteiger partial charge in [-0.15, -0.1) is 0 Å². The van der Waals surface area contributed by atoms with Crippen LogP contribution in [0.15, 0.2) is 71.8 Å². The largest absolute Gasteiger partial charge is 0.479 e. The number of ether oxygens (including phenoxy) is 2. The normalized spacial score (nSPS) is 29.2. The molecule has 312 valence electrons. The molecule has 6 heterocycles. The highest BCUT2D eigenvalue weighted by atomic mass is 16.5. The van der Waals surface area contributed by atoms with Crippen molar-refractivity contribution in [3.8, 4) is 0 Å². The number of aromatic nitrogens is 2. The van der Waals surface area contributed by atoms with Gasteiger partial charge in [-0.3, -0.25) is 19.4 Å². The summed E-state index contributed by atoms with van der Waals surface area (Å²) in [5.74, 6) is -3.68. The van der Waals surface area contributed by atoms with Crippen molar-refractivity contribution >= 4 is 45.7 Å². The maximum atomic E-state index is 15.6. The van der Waals surface area contributed by atoms with Gasteiger partial charge in [-0.1, -0.05) is 73.5 Å². The van der Waals surface area contributed by atoms with E-state index in [4.69, 9.17) is 29.9 Å². The SMILES string of the molecule is CCC1=CC2CN3CCc4c([nH]c5ccccc45)C(C(=O)OC4CN(C)C5C(CC)=CCC[C@]5(C(=O)OC)c5[nH]c6ccccc6c54)(C2)C13.O=C(O)[C@H](O)[C@@H](O)C(=O)O. The lowest BCUT2D eigenvalue weighted by Gasteiger charge is -2.54. The van der Waals surface area contributed by atoms with E-state index in [2.05, 4.69) is 89.2 Å². The number of likely N-dealkylation sites (N-methyl/N-ethyl adjacent to an activating group) is 1. The molecule has 14 heteroatoms. The van der Waals surface area contributed by atoms with Crippen LogP contribution in [0.1, 0.15) is 74.6 Å². The van der Waals surface area contributed by atoms with Crippen molar-refractivity contribution in [3.63, 3.8) is 0 Å². The summed E-state index contributed by atoms with van der Waals surface area (Å²) in [6.07, 6.45) is 4.34. The van der Waals surface area contributed by atoms with Crippen LogP contribution in [0, 0.1) is 5.92 Å². The summed E-state index contributed by atoms with van der Waals surface area (Å²) in [5.41, 5.74) is 6.78. The second-order valence-corrected chi connectivity index (χ2v) is 16.6. The Bertz CT molecular complexity index is 2380. The van der Waals surface area contributed by atoms with Crippen molar-refractivity contribution in [2.45, 2.75) is 93.6 Å². The van der Waals surface area contributed by atoms with Crippen LogP contribution >= 0.6 is 0 Å². The number of para-hydroxylation sites is 2. The highest BCUT2D eigenvalue weighted by Gasteiger charge is 2.62. The molecule has 2 aliphatic carbocycles. The molecule has 6 N–H and O–H groups in total. The first-order valence-electron chi connectivity index (χ1n) is 20.5. The Balaban J connectivity index is 0.000000431. The molecule has 0 radical (unpaired) electrons. The van der Waals surface area contributed by atoms with Crippen molar-refractivity contribution < 1.29 is 49.1 Å². The molecular formula is C45H52N4O10. The number of carboxylic acid groups (broad SMARTS) is 2. The van der Waals surface area contributed by atoms with Gasteiger partial charge < -0.3 is 39.9 Å². The van der Waals surface area contributed by atoms with Gasteiger partial charge in [-0.05, 0) is 69.2 Å². The number of carboxylic acids is 2. The molecule has 10 rings (SSSR count). The molecule has 2 aromatic carbocycles. The minimum absolute atomic E-state index is 0.0612. The third kappa shape index (κ3) is 6.22. The third-order valence-corrected chi connectivity index (χ3v) is 13.6. The maximum Gasteiger partial charge on any atom is 0.335 e. The lowest BCUT2D eigenvalue weighted by Crippen LogP contribution is -2.64. The van der Waals surface area contributed by atoms with Crippen molar-refractivity contribution in [3.05, 3.63) is 94.3 Å². The number of allylic oxidation sites excluding steroid dienone is 1. The molecule has 1 fully saturated rings. The number of carbonyl (C=O) groups is 4. The number of aliphatic hydroxyl groups is 2. The van der Waals surface area contributed by atoms with Crippen molar-refractivity contribution in [1.82, 2.24) is 19.8 Å². The van der Waals surface area contributed by atoms with Crippen LogP contribution in [0.4, 0.5) is 0 Å². The minimum atomic E-state index is -2.27. The summed E-state index contributed by atoms with van der Waals surface area (Å²) in [6.45, 7) is 6.73. The van der Waals surface area contributed by atoms with E-state index < -0.39 is 41.1 Å². The van der Waals surface area contributed by atoms with Gasteiger partial charge in [0.05, 0.1) is 19.2 Å². The van der Waals surface area contributed by atoms with E-state index in [0.29, 0.717) is 13.0 Å². The maximum absolute atomic E-state index is 15.6. The number of fused-ring (bicyclic) bond motifs is 8. The Morgan fingerprint density at radius 3 is 2.10 bits per heavy atom. The number of piperidine rings is 1.